The van der Waals surface area contributed by atoms with E-state index in [1.165, 1.54) is 0 Å². The predicted octanol–water partition coefficient (Wildman–Crippen LogP) is 0.503. The van der Waals surface area contributed by atoms with Gasteiger partial charge < -0.3 is 15.5 Å². The maximum atomic E-state index is 12.9. The van der Waals surface area contributed by atoms with Gasteiger partial charge in [-0.1, -0.05) is 6.92 Å². The van der Waals surface area contributed by atoms with Gasteiger partial charge in [0.25, 0.3) is 0 Å². The van der Waals surface area contributed by atoms with Crippen LogP contribution in [0.5, 0.6) is 0 Å². The molecule has 3 fully saturated rings. The molecule has 5 nitrogen and oxygen atoms in total. The van der Waals surface area contributed by atoms with Crippen molar-refractivity contribution in [3.8, 4) is 0 Å². The van der Waals surface area contributed by atoms with E-state index in [0.717, 1.165) is 51.9 Å². The second-order valence-electron chi connectivity index (χ2n) is 6.57. The van der Waals surface area contributed by atoms with Gasteiger partial charge in [-0.05, 0) is 38.1 Å². The van der Waals surface area contributed by atoms with Crippen LogP contribution in [0.1, 0.15) is 39.0 Å². The molecule has 0 aromatic heterocycles. The summed E-state index contributed by atoms with van der Waals surface area (Å²) in [5.41, 5.74) is -0.176. The average molecular weight is 279 g/mol. The molecule has 3 heterocycles. The third-order valence-electron chi connectivity index (χ3n) is 5.48. The Bertz CT molecular complexity index is 404. The molecule has 0 radical (unpaired) electrons. The fraction of sp³-hybridized carbons (Fsp3) is 0.867. The summed E-state index contributed by atoms with van der Waals surface area (Å²) in [5, 5.41) is 6.42. The van der Waals surface area contributed by atoms with Crippen LogP contribution in [-0.4, -0.2) is 48.9 Å². The highest BCUT2D eigenvalue weighted by Crippen LogP contribution is 2.34. The number of amides is 2. The van der Waals surface area contributed by atoms with Crippen molar-refractivity contribution >= 4 is 11.8 Å². The third kappa shape index (κ3) is 2.32. The molecule has 0 saturated carbocycles. The zero-order valence-corrected chi connectivity index (χ0v) is 12.3. The lowest BCUT2D eigenvalue weighted by molar-refractivity contribution is -0.144. The summed E-state index contributed by atoms with van der Waals surface area (Å²) >= 11 is 0. The summed E-state index contributed by atoms with van der Waals surface area (Å²) in [4.78, 5) is 26.4. The molecule has 0 aromatic carbocycles. The first kappa shape index (κ1) is 13.9. The minimum absolute atomic E-state index is 0.176. The number of nitrogens with zero attached hydrogens (tertiary/aromatic N) is 1. The molecule has 3 atom stereocenters. The van der Waals surface area contributed by atoms with Gasteiger partial charge in [-0.3, -0.25) is 9.59 Å². The minimum atomic E-state index is -0.176. The van der Waals surface area contributed by atoms with E-state index < -0.39 is 0 Å². The molecule has 3 aliphatic heterocycles. The smallest absolute Gasteiger partial charge is 0.230 e. The van der Waals surface area contributed by atoms with E-state index in [1.54, 1.807) is 0 Å². The van der Waals surface area contributed by atoms with Crippen LogP contribution in [-0.2, 0) is 9.59 Å². The summed E-state index contributed by atoms with van der Waals surface area (Å²) in [7, 11) is 0. The topological polar surface area (TPSA) is 61.4 Å². The quantitative estimate of drug-likeness (QED) is 0.774. The number of rotatable bonds is 2. The van der Waals surface area contributed by atoms with Gasteiger partial charge in [0, 0.05) is 32.1 Å². The van der Waals surface area contributed by atoms with Crippen LogP contribution in [0.2, 0.25) is 0 Å². The van der Waals surface area contributed by atoms with Gasteiger partial charge in [-0.25, -0.2) is 0 Å². The Kier molecular flexibility index (Phi) is 3.71. The Balaban J connectivity index is 1.67. The molecule has 0 bridgehead atoms. The Morgan fingerprint density at radius 1 is 1.45 bits per heavy atom. The van der Waals surface area contributed by atoms with Crippen molar-refractivity contribution in [2.45, 2.75) is 45.1 Å². The minimum Gasteiger partial charge on any atom is -0.353 e. The molecule has 3 saturated heterocycles. The van der Waals surface area contributed by atoms with Crippen molar-refractivity contribution in [3.63, 3.8) is 0 Å². The first-order valence-corrected chi connectivity index (χ1v) is 7.94. The largest absolute Gasteiger partial charge is 0.353 e. The van der Waals surface area contributed by atoms with Crippen LogP contribution in [0, 0.1) is 11.3 Å². The highest BCUT2D eigenvalue weighted by molar-refractivity contribution is 5.83. The third-order valence-corrected chi connectivity index (χ3v) is 5.48. The zero-order valence-electron chi connectivity index (χ0n) is 12.3. The molecule has 2 amide bonds. The van der Waals surface area contributed by atoms with Gasteiger partial charge in [0.1, 0.15) is 0 Å². The molecule has 5 heteroatoms. The molecule has 0 spiro atoms. The molecule has 0 aromatic rings. The number of nitrogens with one attached hydrogen (secondary N) is 2. The van der Waals surface area contributed by atoms with E-state index in [-0.39, 0.29) is 11.3 Å². The molecular weight excluding hydrogens is 254 g/mol. The number of fused-ring (bicyclic) bond motifs is 1. The predicted molar refractivity (Wildman–Crippen MR) is 76.1 cm³/mol. The molecule has 20 heavy (non-hydrogen) atoms. The zero-order chi connectivity index (χ0) is 14.2. The average Bonchev–Trinajstić information content (AvgIpc) is 2.96. The van der Waals surface area contributed by atoms with Crippen LogP contribution < -0.4 is 10.6 Å². The van der Waals surface area contributed by atoms with E-state index in [1.807, 2.05) is 0 Å². The first-order valence-electron chi connectivity index (χ1n) is 7.94. The van der Waals surface area contributed by atoms with E-state index in [0.29, 0.717) is 24.3 Å². The standard InChI is InChI=1S/C15H25N3O2/c1-2-15(6-7-16-10-15)14(20)18-8-5-12-11(9-18)3-4-13(19)17-12/h11-12,16H,2-10H2,1H3,(H,17,19). The molecule has 3 unspecified atom stereocenters. The summed E-state index contributed by atoms with van der Waals surface area (Å²) in [6.45, 7) is 5.52. The van der Waals surface area contributed by atoms with Gasteiger partial charge in [-0.15, -0.1) is 0 Å². The Hall–Kier alpha value is -1.10. The van der Waals surface area contributed by atoms with Gasteiger partial charge in [0.05, 0.1) is 5.41 Å². The van der Waals surface area contributed by atoms with E-state index in [2.05, 4.69) is 22.5 Å². The normalized spacial score (nSPS) is 37.5. The highest BCUT2D eigenvalue weighted by atomic mass is 16.2. The van der Waals surface area contributed by atoms with Gasteiger partial charge >= 0.3 is 0 Å². The van der Waals surface area contributed by atoms with Crippen molar-refractivity contribution in [2.75, 3.05) is 26.2 Å². The van der Waals surface area contributed by atoms with Crippen LogP contribution in [0.25, 0.3) is 0 Å². The van der Waals surface area contributed by atoms with Crippen molar-refractivity contribution in [1.82, 2.24) is 15.5 Å². The summed E-state index contributed by atoms with van der Waals surface area (Å²) in [5.74, 6) is 0.963. The Labute approximate surface area is 120 Å². The second kappa shape index (κ2) is 5.35. The Morgan fingerprint density at radius 3 is 3.00 bits per heavy atom. The number of hydrogen-bond acceptors (Lipinski definition) is 3. The number of hydrogen-bond donors (Lipinski definition) is 2. The second-order valence-corrected chi connectivity index (χ2v) is 6.57. The summed E-state index contributed by atoms with van der Waals surface area (Å²) in [6, 6.07) is 0.291. The monoisotopic (exact) mass is 279 g/mol. The number of carbonyl (C=O) groups excluding carboxylic acids is 2. The maximum Gasteiger partial charge on any atom is 0.230 e. The number of likely N-dealkylation sites (tertiary alicyclic amines) is 1. The van der Waals surface area contributed by atoms with Gasteiger partial charge in [-0.2, -0.15) is 0 Å². The molecular formula is C15H25N3O2. The van der Waals surface area contributed by atoms with Crippen molar-refractivity contribution < 1.29 is 9.59 Å². The Morgan fingerprint density at radius 2 is 2.30 bits per heavy atom. The van der Waals surface area contributed by atoms with Crippen molar-refractivity contribution in [1.29, 1.82) is 0 Å². The lowest BCUT2D eigenvalue weighted by Gasteiger charge is -2.44. The molecule has 3 aliphatic rings. The molecule has 112 valence electrons. The summed E-state index contributed by atoms with van der Waals surface area (Å²) in [6.07, 6.45) is 4.33. The van der Waals surface area contributed by atoms with E-state index >= 15 is 0 Å². The molecule has 2 N–H and O–H groups in total. The van der Waals surface area contributed by atoms with Crippen molar-refractivity contribution in [2.24, 2.45) is 11.3 Å². The fourth-order valence-electron chi connectivity index (χ4n) is 4.01. The SMILES string of the molecule is CCC1(C(=O)N2CCC3NC(=O)CCC3C2)CCNC1. The number of piperidine rings is 2. The fourth-order valence-corrected chi connectivity index (χ4v) is 4.01. The molecule has 0 aliphatic carbocycles. The van der Waals surface area contributed by atoms with Crippen LogP contribution in [0.15, 0.2) is 0 Å². The number of carbonyl (C=O) groups is 2. The lowest BCUT2D eigenvalue weighted by atomic mass is 9.80. The van der Waals surface area contributed by atoms with Gasteiger partial charge in [0.15, 0.2) is 0 Å². The van der Waals surface area contributed by atoms with E-state index in [9.17, 15) is 9.59 Å². The van der Waals surface area contributed by atoms with Gasteiger partial charge in [0.2, 0.25) is 11.8 Å². The first-order chi connectivity index (χ1) is 9.64. The maximum absolute atomic E-state index is 12.9. The van der Waals surface area contributed by atoms with Crippen LogP contribution in [0.3, 0.4) is 0 Å². The van der Waals surface area contributed by atoms with Crippen LogP contribution >= 0.6 is 0 Å². The van der Waals surface area contributed by atoms with E-state index in [4.69, 9.17) is 0 Å². The highest BCUT2D eigenvalue weighted by Gasteiger charge is 2.44. The lowest BCUT2D eigenvalue weighted by Crippen LogP contribution is -2.57. The van der Waals surface area contributed by atoms with Crippen LogP contribution in [0.4, 0.5) is 0 Å². The molecule has 3 rings (SSSR count). The van der Waals surface area contributed by atoms with Crippen molar-refractivity contribution in [3.05, 3.63) is 0 Å². The summed E-state index contributed by atoms with van der Waals surface area (Å²) < 4.78 is 0.